The van der Waals surface area contributed by atoms with Crippen LogP contribution in [0.15, 0.2) is 53.7 Å². The number of pyridine rings is 1. The summed E-state index contributed by atoms with van der Waals surface area (Å²) in [6.45, 7) is 4.40. The van der Waals surface area contributed by atoms with E-state index < -0.39 is 11.5 Å². The molecule has 1 spiro atoms. The summed E-state index contributed by atoms with van der Waals surface area (Å²) in [5.74, 6) is -0.721. The molecule has 130 valence electrons. The Hall–Kier alpha value is -3.00. The Labute approximate surface area is 152 Å². The van der Waals surface area contributed by atoms with Crippen LogP contribution in [0.25, 0.3) is 0 Å². The van der Waals surface area contributed by atoms with Gasteiger partial charge < -0.3 is 5.32 Å². The summed E-state index contributed by atoms with van der Waals surface area (Å²) in [5.41, 5.74) is 1.86. The van der Waals surface area contributed by atoms with E-state index in [0.717, 1.165) is 17.5 Å². The summed E-state index contributed by atoms with van der Waals surface area (Å²) < 4.78 is 0. The van der Waals surface area contributed by atoms with Gasteiger partial charge >= 0.3 is 0 Å². The zero-order chi connectivity index (χ0) is 18.4. The van der Waals surface area contributed by atoms with Gasteiger partial charge in [-0.1, -0.05) is 44.2 Å². The van der Waals surface area contributed by atoms with Gasteiger partial charge in [-0.25, -0.2) is 0 Å². The molecule has 2 aromatic rings. The largest absolute Gasteiger partial charge is 0.308 e. The summed E-state index contributed by atoms with van der Waals surface area (Å²) in [7, 11) is 0. The maximum absolute atomic E-state index is 12.8. The first-order valence-electron chi connectivity index (χ1n) is 8.80. The Morgan fingerprint density at radius 1 is 1.12 bits per heavy atom. The van der Waals surface area contributed by atoms with E-state index in [1.165, 1.54) is 0 Å². The van der Waals surface area contributed by atoms with Crippen LogP contribution in [0.1, 0.15) is 43.5 Å². The number of amidine groups is 1. The molecule has 5 heteroatoms. The highest BCUT2D eigenvalue weighted by Gasteiger charge is 2.53. The molecule has 0 fully saturated rings. The van der Waals surface area contributed by atoms with Gasteiger partial charge in [0.15, 0.2) is 11.8 Å². The van der Waals surface area contributed by atoms with Crippen molar-refractivity contribution in [2.45, 2.75) is 37.6 Å². The van der Waals surface area contributed by atoms with Gasteiger partial charge in [-0.2, -0.15) is 5.26 Å². The topological polar surface area (TPSA) is 78.1 Å². The number of amides is 1. The molecule has 2 aliphatic rings. The zero-order valence-corrected chi connectivity index (χ0v) is 14.9. The van der Waals surface area contributed by atoms with E-state index in [1.807, 2.05) is 36.4 Å². The fraction of sp³-hybridized carbons (Fsp3) is 0.333. The summed E-state index contributed by atoms with van der Waals surface area (Å²) in [6, 6.07) is 15.8. The zero-order valence-electron chi connectivity index (χ0n) is 14.9. The Morgan fingerprint density at radius 3 is 2.54 bits per heavy atom. The number of aromatic nitrogens is 1. The molecule has 1 aromatic heterocycles. The minimum absolute atomic E-state index is 0.0174. The Bertz CT molecular complexity index is 942. The highest BCUT2D eigenvalue weighted by molar-refractivity contribution is 6.10. The summed E-state index contributed by atoms with van der Waals surface area (Å²) in [4.78, 5) is 22.1. The second-order valence-electron chi connectivity index (χ2n) is 7.58. The van der Waals surface area contributed by atoms with Crippen LogP contribution >= 0.6 is 0 Å². The Balaban J connectivity index is 1.97. The van der Waals surface area contributed by atoms with Gasteiger partial charge in [0.2, 0.25) is 5.91 Å². The lowest BCUT2D eigenvalue weighted by Crippen LogP contribution is -2.54. The minimum atomic E-state index is -0.865. The van der Waals surface area contributed by atoms with Gasteiger partial charge in [0.1, 0.15) is 11.2 Å². The van der Waals surface area contributed by atoms with Crippen LogP contribution < -0.4 is 5.32 Å². The van der Waals surface area contributed by atoms with Crippen LogP contribution in [0, 0.1) is 17.2 Å². The van der Waals surface area contributed by atoms with Gasteiger partial charge in [0.05, 0.1) is 6.07 Å². The molecule has 0 radical (unpaired) electrons. The van der Waals surface area contributed by atoms with Gasteiger partial charge in [-0.15, -0.1) is 0 Å². The second-order valence-corrected chi connectivity index (χ2v) is 7.58. The van der Waals surface area contributed by atoms with Crippen molar-refractivity contribution in [3.05, 3.63) is 65.5 Å². The molecule has 1 aliphatic carbocycles. The van der Waals surface area contributed by atoms with Gasteiger partial charge in [0.25, 0.3) is 0 Å². The summed E-state index contributed by atoms with van der Waals surface area (Å²) >= 11 is 0. The first-order chi connectivity index (χ1) is 12.5. The van der Waals surface area contributed by atoms with E-state index in [4.69, 9.17) is 4.99 Å². The molecule has 26 heavy (non-hydrogen) atoms. The van der Waals surface area contributed by atoms with E-state index in [9.17, 15) is 10.1 Å². The lowest BCUT2D eigenvalue weighted by atomic mass is 9.61. The number of hydrogen-bond donors (Lipinski definition) is 1. The predicted octanol–water partition coefficient (Wildman–Crippen LogP) is 3.06. The smallest absolute Gasteiger partial charge is 0.245 e. The molecule has 2 unspecified atom stereocenters. The number of nitriles is 1. The van der Waals surface area contributed by atoms with Gasteiger partial charge in [0, 0.05) is 6.20 Å². The highest BCUT2D eigenvalue weighted by Crippen LogP contribution is 2.51. The van der Waals surface area contributed by atoms with Crippen LogP contribution in [0.3, 0.4) is 0 Å². The van der Waals surface area contributed by atoms with Crippen LogP contribution in [-0.4, -0.2) is 16.7 Å². The first kappa shape index (κ1) is 16.5. The predicted molar refractivity (Wildman–Crippen MR) is 98.4 cm³/mol. The number of nitrogens with one attached hydrogen (secondary N) is 1. The number of rotatable bonds is 1. The van der Waals surface area contributed by atoms with Gasteiger partial charge in [-0.05, 0) is 41.5 Å². The number of carbonyl (C=O) groups excluding carboxylic acids is 1. The Morgan fingerprint density at radius 2 is 1.85 bits per heavy atom. The third-order valence-electron chi connectivity index (χ3n) is 5.58. The fourth-order valence-electron chi connectivity index (χ4n) is 4.13. The quantitative estimate of drug-likeness (QED) is 0.863. The molecule has 1 N–H and O–H groups in total. The third-order valence-corrected chi connectivity index (χ3v) is 5.58. The van der Waals surface area contributed by atoms with Crippen molar-refractivity contribution in [1.29, 1.82) is 5.26 Å². The molecule has 0 bridgehead atoms. The molecule has 0 saturated carbocycles. The van der Waals surface area contributed by atoms with Crippen LogP contribution in [0.2, 0.25) is 0 Å². The average Bonchev–Trinajstić information content (AvgIpc) is 2.66. The fourth-order valence-corrected chi connectivity index (χ4v) is 4.13. The molecule has 1 aromatic carbocycles. The van der Waals surface area contributed by atoms with Crippen molar-refractivity contribution in [3.63, 3.8) is 0 Å². The van der Waals surface area contributed by atoms with Crippen molar-refractivity contribution in [3.8, 4) is 6.07 Å². The molecule has 2 atom stereocenters. The average molecular weight is 344 g/mol. The van der Waals surface area contributed by atoms with Gasteiger partial charge in [-0.3, -0.25) is 14.8 Å². The van der Waals surface area contributed by atoms with Crippen molar-refractivity contribution in [2.24, 2.45) is 10.9 Å². The number of benzene rings is 1. The monoisotopic (exact) mass is 344 g/mol. The van der Waals surface area contributed by atoms with Crippen LogP contribution in [-0.2, 0) is 15.7 Å². The summed E-state index contributed by atoms with van der Waals surface area (Å²) in [5, 5.41) is 12.6. The van der Waals surface area contributed by atoms with Crippen LogP contribution in [0.4, 0.5) is 0 Å². The molecular weight excluding hydrogens is 324 g/mol. The maximum Gasteiger partial charge on any atom is 0.245 e. The molecular formula is C21H20N4O. The molecule has 1 amide bonds. The first-order valence-corrected chi connectivity index (χ1v) is 8.80. The van der Waals surface area contributed by atoms with Crippen molar-refractivity contribution >= 4 is 11.7 Å². The number of fused-ring (bicyclic) bond motifs is 2. The van der Waals surface area contributed by atoms with E-state index in [2.05, 4.69) is 36.3 Å². The highest BCUT2D eigenvalue weighted by atomic mass is 16.2. The number of hydrogen-bond acceptors (Lipinski definition) is 4. The van der Waals surface area contributed by atoms with E-state index >= 15 is 0 Å². The number of nitrogens with zero attached hydrogens (tertiary/aromatic N) is 3. The van der Waals surface area contributed by atoms with Crippen molar-refractivity contribution in [1.82, 2.24) is 10.3 Å². The molecule has 1 aliphatic heterocycles. The minimum Gasteiger partial charge on any atom is -0.308 e. The van der Waals surface area contributed by atoms with Crippen molar-refractivity contribution < 1.29 is 4.79 Å². The molecule has 2 heterocycles. The molecule has 4 rings (SSSR count). The lowest BCUT2D eigenvalue weighted by Gasteiger charge is -2.46. The van der Waals surface area contributed by atoms with E-state index in [0.29, 0.717) is 18.0 Å². The summed E-state index contributed by atoms with van der Waals surface area (Å²) in [6.07, 6.45) is 3.18. The molecule has 0 saturated heterocycles. The number of aliphatic imine (C=N–C) groups is 1. The van der Waals surface area contributed by atoms with E-state index in [-0.39, 0.29) is 11.3 Å². The van der Waals surface area contributed by atoms with E-state index in [1.54, 1.807) is 6.20 Å². The lowest BCUT2D eigenvalue weighted by molar-refractivity contribution is -0.124. The third kappa shape index (κ3) is 2.33. The normalized spacial score (nSPS) is 26.4. The molecule has 5 nitrogen and oxygen atoms in total. The van der Waals surface area contributed by atoms with Crippen molar-refractivity contribution in [2.75, 3.05) is 0 Å². The Kier molecular flexibility index (Phi) is 3.66. The maximum atomic E-state index is 12.8. The van der Waals surface area contributed by atoms with Crippen LogP contribution in [0.5, 0.6) is 0 Å². The SMILES string of the molecule is CC1(C)CCC2(N=C(c3ccccn3)NC(=O)C2C#N)c2ccccc21. The number of carbonyl (C=O) groups is 1. The standard InChI is InChI=1S/C21H20N4O/c1-20(2)10-11-21(15-8-4-3-7-14(15)20)16(13-22)19(26)24-18(25-21)17-9-5-6-12-23-17/h3-9,12,16H,10-11H2,1-2H3,(H,24,25,26). The second kappa shape index (κ2) is 5.77.